The molecule has 5 rings (SSSR count). The lowest BCUT2D eigenvalue weighted by molar-refractivity contribution is 0.0697. The number of rotatable bonds is 6. The minimum atomic E-state index is -1.10. The largest absolute Gasteiger partial charge is 0.492 e. The molecule has 0 amide bonds. The summed E-state index contributed by atoms with van der Waals surface area (Å²) in [5.41, 5.74) is 2.15. The molecular weight excluding hydrogens is 396 g/mol. The van der Waals surface area contributed by atoms with E-state index in [9.17, 15) is 9.90 Å². The van der Waals surface area contributed by atoms with E-state index < -0.39 is 5.97 Å². The van der Waals surface area contributed by atoms with Gasteiger partial charge in [0.15, 0.2) is 0 Å². The molecule has 31 heavy (non-hydrogen) atoms. The average Bonchev–Trinajstić information content (AvgIpc) is 3.42. The van der Waals surface area contributed by atoms with Crippen molar-refractivity contribution in [1.82, 2.24) is 29.5 Å². The molecule has 0 saturated carbocycles. The molecule has 5 aromatic rings. The maximum atomic E-state index is 11.0. The van der Waals surface area contributed by atoms with Crippen LogP contribution < -0.4 is 0 Å². The number of fused-ring (bicyclic) bond motifs is 2. The Morgan fingerprint density at radius 3 is 2.65 bits per heavy atom. The van der Waals surface area contributed by atoms with E-state index in [2.05, 4.69) is 50.5 Å². The normalized spacial score (nSPS) is 11.4. The molecule has 0 aliphatic heterocycles. The van der Waals surface area contributed by atoms with Gasteiger partial charge in [-0.1, -0.05) is 42.5 Å². The first-order chi connectivity index (χ1) is 15.1. The summed E-state index contributed by atoms with van der Waals surface area (Å²) in [6.45, 7) is 0.595. The second-order valence-electron chi connectivity index (χ2n) is 7.21. The Bertz CT molecular complexity index is 1420. The molecule has 0 bridgehead atoms. The van der Waals surface area contributed by atoms with Gasteiger partial charge in [-0.3, -0.25) is 4.68 Å². The Kier molecular flexibility index (Phi) is 4.55. The van der Waals surface area contributed by atoms with Gasteiger partial charge in [-0.25, -0.2) is 14.5 Å². The molecule has 3 aromatic heterocycles. The molecule has 154 valence electrons. The van der Waals surface area contributed by atoms with Gasteiger partial charge < -0.3 is 10.2 Å². The molecule has 0 aliphatic rings. The number of aromatic hydroxyl groups is 1. The third-order valence-corrected chi connectivity index (χ3v) is 5.14. The Morgan fingerprint density at radius 2 is 1.84 bits per heavy atom. The van der Waals surface area contributed by atoms with Gasteiger partial charge in [0.05, 0.1) is 18.0 Å². The van der Waals surface area contributed by atoms with Crippen molar-refractivity contribution in [3.8, 4) is 11.8 Å². The van der Waals surface area contributed by atoms with Crippen molar-refractivity contribution in [2.75, 3.05) is 0 Å². The van der Waals surface area contributed by atoms with Gasteiger partial charge in [0, 0.05) is 12.7 Å². The van der Waals surface area contributed by atoms with E-state index in [1.54, 1.807) is 10.9 Å². The Balaban J connectivity index is 1.34. The zero-order chi connectivity index (χ0) is 21.4. The van der Waals surface area contributed by atoms with Crippen LogP contribution in [0, 0.1) is 0 Å². The van der Waals surface area contributed by atoms with Crippen LogP contribution in [0.2, 0.25) is 0 Å². The highest BCUT2D eigenvalue weighted by Crippen LogP contribution is 2.23. The van der Waals surface area contributed by atoms with Crippen molar-refractivity contribution in [2.45, 2.75) is 19.4 Å². The van der Waals surface area contributed by atoms with Crippen LogP contribution in [0.3, 0.4) is 0 Å². The van der Waals surface area contributed by atoms with Gasteiger partial charge in [0.1, 0.15) is 11.0 Å². The predicted molar refractivity (Wildman–Crippen MR) is 113 cm³/mol. The van der Waals surface area contributed by atoms with Gasteiger partial charge in [0.2, 0.25) is 5.88 Å². The van der Waals surface area contributed by atoms with Crippen molar-refractivity contribution in [3.63, 3.8) is 0 Å². The molecule has 2 N–H and O–H groups in total. The molecule has 0 spiro atoms. The number of benzene rings is 2. The van der Waals surface area contributed by atoms with Gasteiger partial charge in [0.25, 0.3) is 5.95 Å². The quantitative estimate of drug-likeness (QED) is 0.438. The van der Waals surface area contributed by atoms with Crippen LogP contribution in [0.1, 0.15) is 22.3 Å². The summed E-state index contributed by atoms with van der Waals surface area (Å²) in [6.07, 6.45) is 5.74. The zero-order valence-corrected chi connectivity index (χ0v) is 16.4. The summed E-state index contributed by atoms with van der Waals surface area (Å²) < 4.78 is 2.89. The summed E-state index contributed by atoms with van der Waals surface area (Å²) in [7, 11) is 0. The van der Waals surface area contributed by atoms with E-state index in [4.69, 9.17) is 5.11 Å². The van der Waals surface area contributed by atoms with Gasteiger partial charge in [-0.15, -0.1) is 0 Å². The first-order valence-electron chi connectivity index (χ1n) is 9.77. The number of aromatic nitrogens is 6. The Labute approximate surface area is 176 Å². The molecule has 0 atom stereocenters. The second kappa shape index (κ2) is 7.52. The first-order valence-corrected chi connectivity index (χ1v) is 9.77. The van der Waals surface area contributed by atoms with Crippen molar-refractivity contribution < 1.29 is 15.0 Å². The smallest absolute Gasteiger partial charge is 0.338 e. The van der Waals surface area contributed by atoms with Crippen molar-refractivity contribution in [2.24, 2.45) is 0 Å². The maximum absolute atomic E-state index is 11.0. The lowest BCUT2D eigenvalue weighted by atomic mass is 10.0. The lowest BCUT2D eigenvalue weighted by Crippen LogP contribution is -2.05. The van der Waals surface area contributed by atoms with Gasteiger partial charge in [-0.2, -0.15) is 15.2 Å². The number of hydrogen-bond donors (Lipinski definition) is 2. The van der Waals surface area contributed by atoms with E-state index >= 15 is 0 Å². The summed E-state index contributed by atoms with van der Waals surface area (Å²) in [4.78, 5) is 19.5. The number of aromatic carboxylic acids is 1. The number of carbonyl (C=O) groups is 1. The van der Waals surface area contributed by atoms with E-state index in [0.717, 1.165) is 12.8 Å². The zero-order valence-electron chi connectivity index (χ0n) is 16.4. The standard InChI is InChI=1S/C22H18N6O3/c29-20-19-18(25-22(26-20)28-13-17(11-23-28)21(30)31)12-24-27(19)9-3-4-14-7-8-15-5-1-2-6-16(15)10-14/h1-2,5-8,10-13H,3-4,9H2,(H,30,31)(H,25,26,29). The highest BCUT2D eigenvalue weighted by molar-refractivity contribution is 5.87. The molecule has 0 unspecified atom stereocenters. The summed E-state index contributed by atoms with van der Waals surface area (Å²) in [5.74, 6) is -1.25. The van der Waals surface area contributed by atoms with Crippen molar-refractivity contribution >= 4 is 27.8 Å². The van der Waals surface area contributed by atoms with Crippen LogP contribution in [0.4, 0.5) is 0 Å². The van der Waals surface area contributed by atoms with Crippen LogP contribution in [0.15, 0.2) is 61.1 Å². The summed E-state index contributed by atoms with van der Waals surface area (Å²) >= 11 is 0. The SMILES string of the molecule is O=C(O)c1cnn(-c2nc(O)c3c(cnn3CCCc3ccc4ccccc4c3)n2)c1. The molecule has 0 aliphatic carbocycles. The first kappa shape index (κ1) is 18.7. The van der Waals surface area contributed by atoms with Gasteiger partial charge in [-0.05, 0) is 29.2 Å². The monoisotopic (exact) mass is 414 g/mol. The van der Waals surface area contributed by atoms with E-state index in [1.165, 1.54) is 33.4 Å². The second-order valence-corrected chi connectivity index (χ2v) is 7.21. The highest BCUT2D eigenvalue weighted by Gasteiger charge is 2.15. The number of nitrogens with zero attached hydrogens (tertiary/aromatic N) is 6. The molecule has 0 saturated heterocycles. The topological polar surface area (TPSA) is 119 Å². The molecular formula is C22H18N6O3. The molecule has 0 fully saturated rings. The lowest BCUT2D eigenvalue weighted by Gasteiger charge is -2.07. The average molecular weight is 414 g/mol. The predicted octanol–water partition coefficient (Wildman–Crippen LogP) is 3.20. The van der Waals surface area contributed by atoms with E-state index in [-0.39, 0.29) is 17.4 Å². The van der Waals surface area contributed by atoms with E-state index in [1.807, 2.05) is 12.1 Å². The molecule has 9 nitrogen and oxygen atoms in total. The van der Waals surface area contributed by atoms with E-state index in [0.29, 0.717) is 17.6 Å². The van der Waals surface area contributed by atoms with Crippen LogP contribution in [0.25, 0.3) is 27.8 Å². The fraction of sp³-hybridized carbons (Fsp3) is 0.136. The molecule has 9 heteroatoms. The minimum absolute atomic E-state index is 0.00701. The summed E-state index contributed by atoms with van der Waals surface area (Å²) in [6, 6.07) is 14.7. The Hall–Kier alpha value is -4.27. The number of carboxylic acid groups (broad SMARTS) is 1. The van der Waals surface area contributed by atoms with Crippen molar-refractivity contribution in [1.29, 1.82) is 0 Å². The van der Waals surface area contributed by atoms with Crippen molar-refractivity contribution in [3.05, 3.63) is 72.2 Å². The Morgan fingerprint density at radius 1 is 1.00 bits per heavy atom. The molecule has 3 heterocycles. The third-order valence-electron chi connectivity index (χ3n) is 5.14. The summed E-state index contributed by atoms with van der Waals surface area (Å²) in [5, 5.41) is 30.2. The molecule has 2 aromatic carbocycles. The highest BCUT2D eigenvalue weighted by atomic mass is 16.4. The van der Waals surface area contributed by atoms with Crippen LogP contribution in [-0.2, 0) is 13.0 Å². The van der Waals surface area contributed by atoms with Crippen LogP contribution >= 0.6 is 0 Å². The van der Waals surface area contributed by atoms with Crippen LogP contribution in [-0.4, -0.2) is 45.7 Å². The third kappa shape index (κ3) is 3.57. The molecule has 0 radical (unpaired) electrons. The fourth-order valence-electron chi connectivity index (χ4n) is 3.61. The van der Waals surface area contributed by atoms with Gasteiger partial charge >= 0.3 is 5.97 Å². The van der Waals surface area contributed by atoms with Crippen LogP contribution in [0.5, 0.6) is 5.88 Å². The number of carboxylic acids is 1. The number of aryl methyl sites for hydroxylation is 2. The minimum Gasteiger partial charge on any atom is -0.492 e. The maximum Gasteiger partial charge on any atom is 0.338 e. The fourth-order valence-corrected chi connectivity index (χ4v) is 3.61. The number of hydrogen-bond acceptors (Lipinski definition) is 6.